The van der Waals surface area contributed by atoms with E-state index in [1.165, 1.54) is 7.11 Å². The summed E-state index contributed by atoms with van der Waals surface area (Å²) < 4.78 is 4.75. The number of primary amides is 1. The number of nitrogens with two attached hydrogens (primary N) is 1. The molecular formula is C18H18N2O3. The van der Waals surface area contributed by atoms with Gasteiger partial charge in [-0.05, 0) is 29.3 Å². The van der Waals surface area contributed by atoms with Crippen molar-refractivity contribution in [3.8, 4) is 0 Å². The number of rotatable bonds is 4. The molecule has 0 saturated carbocycles. The Balaban J connectivity index is 2.01. The van der Waals surface area contributed by atoms with Gasteiger partial charge in [0.05, 0.1) is 18.6 Å². The van der Waals surface area contributed by atoms with Gasteiger partial charge in [-0.25, -0.2) is 4.79 Å². The van der Waals surface area contributed by atoms with Gasteiger partial charge in [0.25, 0.3) is 0 Å². The molecule has 3 N–H and O–H groups in total. The normalized spacial score (nSPS) is 17.0. The van der Waals surface area contributed by atoms with Gasteiger partial charge in [-0.3, -0.25) is 4.79 Å². The van der Waals surface area contributed by atoms with Gasteiger partial charge in [-0.1, -0.05) is 30.3 Å². The molecule has 0 aliphatic carbocycles. The Hall–Kier alpha value is -2.82. The number of para-hydroxylation sites is 1. The minimum atomic E-state index is -0.504. The van der Waals surface area contributed by atoms with E-state index in [9.17, 15) is 9.59 Å². The van der Waals surface area contributed by atoms with Crippen molar-refractivity contribution in [1.82, 2.24) is 0 Å². The second kappa shape index (κ2) is 6.12. The van der Waals surface area contributed by atoms with Crippen molar-refractivity contribution in [3.05, 3.63) is 65.2 Å². The number of nitrogens with one attached hydrogen (secondary N) is 1. The van der Waals surface area contributed by atoms with Gasteiger partial charge in [0, 0.05) is 18.2 Å². The Bertz CT molecular complexity index is 757. The lowest BCUT2D eigenvalue weighted by Crippen LogP contribution is -2.28. The van der Waals surface area contributed by atoms with Crippen molar-refractivity contribution < 1.29 is 14.3 Å². The van der Waals surface area contributed by atoms with Crippen LogP contribution in [0.3, 0.4) is 0 Å². The van der Waals surface area contributed by atoms with Gasteiger partial charge in [-0.2, -0.15) is 0 Å². The van der Waals surface area contributed by atoms with Crippen LogP contribution in [-0.4, -0.2) is 25.5 Å². The summed E-state index contributed by atoms with van der Waals surface area (Å²) in [6.07, 6.45) is 0. The van der Waals surface area contributed by atoms with E-state index < -0.39 is 17.8 Å². The number of hydrogen-bond acceptors (Lipinski definition) is 4. The molecule has 0 bridgehead atoms. The van der Waals surface area contributed by atoms with Gasteiger partial charge >= 0.3 is 5.97 Å². The van der Waals surface area contributed by atoms with E-state index in [4.69, 9.17) is 10.5 Å². The molecule has 23 heavy (non-hydrogen) atoms. The number of esters is 1. The standard InChI is InChI=1S/C18H18N2O3/c1-23-18(22)12-6-4-5-11(9-12)16(17(19)21)14-10-20-15-8-3-2-7-13(14)15/h2-9,14,16,20H,10H2,1H3,(H2,19,21). The first-order valence-corrected chi connectivity index (χ1v) is 7.42. The maximum Gasteiger partial charge on any atom is 0.337 e. The molecule has 0 aromatic heterocycles. The molecule has 1 heterocycles. The summed E-state index contributed by atoms with van der Waals surface area (Å²) in [5, 5.41) is 3.30. The third kappa shape index (κ3) is 2.77. The lowest BCUT2D eigenvalue weighted by atomic mass is 9.81. The van der Waals surface area contributed by atoms with E-state index in [2.05, 4.69) is 5.32 Å². The van der Waals surface area contributed by atoms with E-state index in [0.29, 0.717) is 12.1 Å². The summed E-state index contributed by atoms with van der Waals surface area (Å²) in [5.41, 5.74) is 8.91. The zero-order chi connectivity index (χ0) is 16.4. The molecule has 3 rings (SSSR count). The third-order valence-corrected chi connectivity index (χ3v) is 4.25. The van der Waals surface area contributed by atoms with Gasteiger partial charge < -0.3 is 15.8 Å². The van der Waals surface area contributed by atoms with E-state index >= 15 is 0 Å². The van der Waals surface area contributed by atoms with Gasteiger partial charge in [0.1, 0.15) is 0 Å². The zero-order valence-electron chi connectivity index (χ0n) is 12.8. The van der Waals surface area contributed by atoms with Gasteiger partial charge in [0.15, 0.2) is 0 Å². The molecule has 1 aliphatic rings. The molecule has 5 nitrogen and oxygen atoms in total. The lowest BCUT2D eigenvalue weighted by Gasteiger charge is -2.21. The summed E-state index contributed by atoms with van der Waals surface area (Å²) in [6.45, 7) is 0.634. The molecule has 118 valence electrons. The first kappa shape index (κ1) is 15.1. The van der Waals surface area contributed by atoms with Gasteiger partial charge in [0.2, 0.25) is 5.91 Å². The van der Waals surface area contributed by atoms with Crippen LogP contribution in [0.5, 0.6) is 0 Å². The number of hydrogen-bond donors (Lipinski definition) is 2. The molecule has 2 aromatic carbocycles. The van der Waals surface area contributed by atoms with E-state index in [1.54, 1.807) is 18.2 Å². The Morgan fingerprint density at radius 1 is 1.22 bits per heavy atom. The highest BCUT2D eigenvalue weighted by atomic mass is 16.5. The highest BCUT2D eigenvalue weighted by Crippen LogP contribution is 2.40. The van der Waals surface area contributed by atoms with Crippen LogP contribution in [0, 0.1) is 0 Å². The van der Waals surface area contributed by atoms with Crippen LogP contribution in [0.2, 0.25) is 0 Å². The molecule has 5 heteroatoms. The van der Waals surface area contributed by atoms with E-state index in [1.807, 2.05) is 30.3 Å². The average molecular weight is 310 g/mol. The molecule has 1 aliphatic heterocycles. The number of carbonyl (C=O) groups excluding carboxylic acids is 2. The molecule has 0 spiro atoms. The van der Waals surface area contributed by atoms with Crippen LogP contribution in [0.15, 0.2) is 48.5 Å². The first-order valence-electron chi connectivity index (χ1n) is 7.42. The molecule has 2 aromatic rings. The number of carbonyl (C=O) groups is 2. The second-order valence-electron chi connectivity index (χ2n) is 5.57. The van der Waals surface area contributed by atoms with Crippen LogP contribution in [0.1, 0.15) is 33.3 Å². The first-order chi connectivity index (χ1) is 11.1. The number of anilines is 1. The lowest BCUT2D eigenvalue weighted by molar-refractivity contribution is -0.119. The van der Waals surface area contributed by atoms with Crippen molar-refractivity contribution in [2.45, 2.75) is 11.8 Å². The maximum absolute atomic E-state index is 12.1. The molecule has 2 atom stereocenters. The summed E-state index contributed by atoms with van der Waals surface area (Å²) in [5.74, 6) is -1.40. The summed E-state index contributed by atoms with van der Waals surface area (Å²) in [7, 11) is 1.33. The molecule has 1 amide bonds. The Labute approximate surface area is 134 Å². The largest absolute Gasteiger partial charge is 0.465 e. The van der Waals surface area contributed by atoms with E-state index in [-0.39, 0.29) is 5.92 Å². The summed E-state index contributed by atoms with van der Waals surface area (Å²) in [6, 6.07) is 14.8. The predicted molar refractivity (Wildman–Crippen MR) is 87.4 cm³/mol. The maximum atomic E-state index is 12.1. The fraction of sp³-hybridized carbons (Fsp3) is 0.222. The zero-order valence-corrected chi connectivity index (χ0v) is 12.8. The minimum Gasteiger partial charge on any atom is -0.465 e. The topological polar surface area (TPSA) is 81.4 Å². The minimum absolute atomic E-state index is 0.0587. The van der Waals surface area contributed by atoms with Crippen molar-refractivity contribution in [2.75, 3.05) is 19.0 Å². The molecule has 0 radical (unpaired) electrons. The fourth-order valence-corrected chi connectivity index (χ4v) is 3.18. The Morgan fingerprint density at radius 2 is 2.00 bits per heavy atom. The monoisotopic (exact) mass is 310 g/mol. The highest BCUT2D eigenvalue weighted by molar-refractivity contribution is 5.90. The van der Waals surface area contributed by atoms with Crippen molar-refractivity contribution in [1.29, 1.82) is 0 Å². The van der Waals surface area contributed by atoms with Crippen LogP contribution in [-0.2, 0) is 9.53 Å². The molecular weight excluding hydrogens is 292 g/mol. The van der Waals surface area contributed by atoms with Crippen molar-refractivity contribution in [2.24, 2.45) is 5.73 Å². The van der Waals surface area contributed by atoms with Crippen LogP contribution < -0.4 is 11.1 Å². The third-order valence-electron chi connectivity index (χ3n) is 4.25. The van der Waals surface area contributed by atoms with Crippen LogP contribution >= 0.6 is 0 Å². The summed E-state index contributed by atoms with van der Waals surface area (Å²) in [4.78, 5) is 23.9. The molecule has 0 fully saturated rings. The number of fused-ring (bicyclic) bond motifs is 1. The number of methoxy groups -OCH3 is 1. The number of benzene rings is 2. The molecule has 0 saturated heterocycles. The fourth-order valence-electron chi connectivity index (χ4n) is 3.18. The highest BCUT2D eigenvalue weighted by Gasteiger charge is 2.34. The van der Waals surface area contributed by atoms with Crippen molar-refractivity contribution >= 4 is 17.6 Å². The number of ether oxygens (including phenoxy) is 1. The Morgan fingerprint density at radius 3 is 2.74 bits per heavy atom. The average Bonchev–Trinajstić information content (AvgIpc) is 2.98. The van der Waals surface area contributed by atoms with Crippen LogP contribution in [0.4, 0.5) is 5.69 Å². The summed E-state index contributed by atoms with van der Waals surface area (Å²) >= 11 is 0. The van der Waals surface area contributed by atoms with Gasteiger partial charge in [-0.15, -0.1) is 0 Å². The van der Waals surface area contributed by atoms with Crippen LogP contribution in [0.25, 0.3) is 0 Å². The number of amides is 1. The quantitative estimate of drug-likeness (QED) is 0.849. The predicted octanol–water partition coefficient (Wildman–Crippen LogP) is 2.25. The van der Waals surface area contributed by atoms with E-state index in [0.717, 1.165) is 16.8 Å². The SMILES string of the molecule is COC(=O)c1cccc(C(C(N)=O)C2CNc3ccccc32)c1. The second-order valence-corrected chi connectivity index (χ2v) is 5.57. The van der Waals surface area contributed by atoms with Crippen molar-refractivity contribution in [3.63, 3.8) is 0 Å². The molecule has 2 unspecified atom stereocenters. The Kier molecular flexibility index (Phi) is 4.02. The smallest absolute Gasteiger partial charge is 0.337 e.